The molecule has 1 heterocycles. The lowest BCUT2D eigenvalue weighted by Crippen LogP contribution is -2.02. The summed E-state index contributed by atoms with van der Waals surface area (Å²) >= 11 is 0. The Hall–Kier alpha value is -2.57. The molecular formula is C12H13N3O4. The number of methoxy groups -OCH3 is 1. The van der Waals surface area contributed by atoms with Gasteiger partial charge in [-0.15, -0.1) is 0 Å². The van der Waals surface area contributed by atoms with E-state index in [1.54, 1.807) is 25.3 Å². The lowest BCUT2D eigenvalue weighted by molar-refractivity contribution is -0.384. The number of nitro benzene ring substituents is 1. The summed E-state index contributed by atoms with van der Waals surface area (Å²) in [5.74, 6) is 1.61. The minimum atomic E-state index is -0.462. The second-order valence-corrected chi connectivity index (χ2v) is 3.84. The van der Waals surface area contributed by atoms with E-state index < -0.39 is 4.92 Å². The van der Waals surface area contributed by atoms with Crippen molar-refractivity contribution in [3.05, 3.63) is 46.2 Å². The third kappa shape index (κ3) is 3.01. The number of aromatic nitrogens is 1. The van der Waals surface area contributed by atoms with Gasteiger partial charge in [0.15, 0.2) is 5.89 Å². The van der Waals surface area contributed by atoms with Gasteiger partial charge < -0.3 is 14.5 Å². The van der Waals surface area contributed by atoms with E-state index in [2.05, 4.69) is 10.3 Å². The van der Waals surface area contributed by atoms with Crippen LogP contribution in [0.3, 0.4) is 0 Å². The second kappa shape index (κ2) is 5.38. The van der Waals surface area contributed by atoms with E-state index in [-0.39, 0.29) is 5.69 Å². The Morgan fingerprint density at radius 3 is 2.89 bits per heavy atom. The molecule has 0 saturated carbocycles. The summed E-state index contributed by atoms with van der Waals surface area (Å²) in [7, 11) is 1.46. The molecule has 0 aliphatic carbocycles. The molecule has 0 radical (unpaired) electrons. The predicted octanol–water partition coefficient (Wildman–Crippen LogP) is 2.51. The standard InChI is InChI=1S/C12H13N3O4/c1-8-13-6-10(19-8)7-14-11-4-3-9(18-2)5-12(11)15(16)17/h3-6,14H,7H2,1-2H3. The molecule has 1 N–H and O–H groups in total. The highest BCUT2D eigenvalue weighted by molar-refractivity contribution is 5.63. The van der Waals surface area contributed by atoms with Crippen molar-refractivity contribution in [1.29, 1.82) is 0 Å². The molecule has 0 fully saturated rings. The number of nitro groups is 1. The van der Waals surface area contributed by atoms with Crippen molar-refractivity contribution >= 4 is 11.4 Å². The summed E-state index contributed by atoms with van der Waals surface area (Å²) in [6.45, 7) is 2.06. The van der Waals surface area contributed by atoms with Crippen LogP contribution in [0.5, 0.6) is 5.75 Å². The maximum atomic E-state index is 11.0. The van der Waals surface area contributed by atoms with Crippen LogP contribution in [0.25, 0.3) is 0 Å². The molecule has 0 aliphatic rings. The Bertz CT molecular complexity index is 594. The summed E-state index contributed by atoms with van der Waals surface area (Å²) in [6.07, 6.45) is 1.58. The van der Waals surface area contributed by atoms with Crippen molar-refractivity contribution in [2.45, 2.75) is 13.5 Å². The fraction of sp³-hybridized carbons (Fsp3) is 0.250. The number of ether oxygens (including phenoxy) is 1. The van der Waals surface area contributed by atoms with Crippen LogP contribution in [0, 0.1) is 17.0 Å². The van der Waals surface area contributed by atoms with Gasteiger partial charge in [0, 0.05) is 6.92 Å². The van der Waals surface area contributed by atoms with Crippen molar-refractivity contribution in [3.63, 3.8) is 0 Å². The fourth-order valence-electron chi connectivity index (χ4n) is 1.61. The Morgan fingerprint density at radius 2 is 2.32 bits per heavy atom. The fourth-order valence-corrected chi connectivity index (χ4v) is 1.61. The first-order valence-electron chi connectivity index (χ1n) is 5.57. The average Bonchev–Trinajstić information content (AvgIpc) is 2.82. The highest BCUT2D eigenvalue weighted by Crippen LogP contribution is 2.29. The molecule has 0 amide bonds. The Balaban J connectivity index is 2.17. The summed E-state index contributed by atoms with van der Waals surface area (Å²) in [5.41, 5.74) is 0.357. The van der Waals surface area contributed by atoms with Crippen LogP contribution in [0.1, 0.15) is 11.7 Å². The number of benzene rings is 1. The van der Waals surface area contributed by atoms with Crippen LogP contribution in [-0.4, -0.2) is 17.0 Å². The molecule has 19 heavy (non-hydrogen) atoms. The number of nitrogens with zero attached hydrogens (tertiary/aromatic N) is 2. The molecule has 0 saturated heterocycles. The Morgan fingerprint density at radius 1 is 1.53 bits per heavy atom. The molecule has 100 valence electrons. The molecule has 0 aliphatic heterocycles. The normalized spacial score (nSPS) is 10.2. The average molecular weight is 263 g/mol. The van der Waals surface area contributed by atoms with Crippen molar-refractivity contribution in [2.75, 3.05) is 12.4 Å². The number of nitrogens with one attached hydrogen (secondary N) is 1. The summed E-state index contributed by atoms with van der Waals surface area (Å²) in [6, 6.07) is 4.62. The van der Waals surface area contributed by atoms with Gasteiger partial charge in [0.2, 0.25) is 0 Å². The number of rotatable bonds is 5. The number of oxazole rings is 1. The third-order valence-corrected chi connectivity index (χ3v) is 2.52. The highest BCUT2D eigenvalue weighted by Gasteiger charge is 2.15. The van der Waals surface area contributed by atoms with Crippen molar-refractivity contribution in [2.24, 2.45) is 0 Å². The van der Waals surface area contributed by atoms with Gasteiger partial charge in [0.05, 0.1) is 30.8 Å². The molecule has 2 rings (SSSR count). The Labute approximate surface area is 109 Å². The number of aryl methyl sites for hydroxylation is 1. The lowest BCUT2D eigenvalue weighted by atomic mass is 10.2. The lowest BCUT2D eigenvalue weighted by Gasteiger charge is -2.06. The summed E-state index contributed by atoms with van der Waals surface area (Å²) < 4.78 is 10.2. The third-order valence-electron chi connectivity index (χ3n) is 2.52. The van der Waals surface area contributed by atoms with Crippen LogP contribution >= 0.6 is 0 Å². The minimum Gasteiger partial charge on any atom is -0.496 e. The SMILES string of the molecule is COc1ccc(NCc2cnc(C)o2)c([N+](=O)[O-])c1. The number of hydrogen-bond donors (Lipinski definition) is 1. The molecule has 7 heteroatoms. The van der Waals surface area contributed by atoms with Gasteiger partial charge >= 0.3 is 0 Å². The molecule has 0 spiro atoms. The molecular weight excluding hydrogens is 250 g/mol. The van der Waals surface area contributed by atoms with Gasteiger partial charge in [-0.25, -0.2) is 4.98 Å². The van der Waals surface area contributed by atoms with E-state index in [1.165, 1.54) is 13.2 Å². The van der Waals surface area contributed by atoms with E-state index in [1.807, 2.05) is 0 Å². The zero-order valence-corrected chi connectivity index (χ0v) is 10.5. The highest BCUT2D eigenvalue weighted by atomic mass is 16.6. The maximum absolute atomic E-state index is 11.0. The number of hydrogen-bond acceptors (Lipinski definition) is 6. The van der Waals surface area contributed by atoms with E-state index in [0.29, 0.717) is 29.6 Å². The Kier molecular flexibility index (Phi) is 3.65. The topological polar surface area (TPSA) is 90.4 Å². The van der Waals surface area contributed by atoms with Crippen molar-refractivity contribution in [3.8, 4) is 5.75 Å². The first-order chi connectivity index (χ1) is 9.10. The van der Waals surface area contributed by atoms with Crippen LogP contribution in [0.2, 0.25) is 0 Å². The van der Waals surface area contributed by atoms with Crippen LogP contribution in [0.4, 0.5) is 11.4 Å². The molecule has 7 nitrogen and oxygen atoms in total. The second-order valence-electron chi connectivity index (χ2n) is 3.84. The molecule has 0 bridgehead atoms. The van der Waals surface area contributed by atoms with Gasteiger partial charge in [-0.3, -0.25) is 10.1 Å². The van der Waals surface area contributed by atoms with Gasteiger partial charge in [-0.05, 0) is 12.1 Å². The molecule has 1 aromatic heterocycles. The van der Waals surface area contributed by atoms with Gasteiger partial charge in [0.1, 0.15) is 17.2 Å². The minimum absolute atomic E-state index is 0.0458. The monoisotopic (exact) mass is 263 g/mol. The summed E-state index contributed by atoms with van der Waals surface area (Å²) in [4.78, 5) is 14.5. The molecule has 0 atom stereocenters. The predicted molar refractivity (Wildman–Crippen MR) is 68.2 cm³/mol. The van der Waals surface area contributed by atoms with E-state index in [4.69, 9.17) is 9.15 Å². The van der Waals surface area contributed by atoms with Gasteiger partial charge in [0.25, 0.3) is 5.69 Å². The van der Waals surface area contributed by atoms with Crippen molar-refractivity contribution < 1.29 is 14.1 Å². The maximum Gasteiger partial charge on any atom is 0.296 e. The van der Waals surface area contributed by atoms with Gasteiger partial charge in [-0.1, -0.05) is 0 Å². The molecule has 1 aromatic carbocycles. The zero-order valence-electron chi connectivity index (χ0n) is 10.5. The van der Waals surface area contributed by atoms with Crippen molar-refractivity contribution in [1.82, 2.24) is 4.98 Å². The summed E-state index contributed by atoms with van der Waals surface area (Å²) in [5, 5.41) is 13.9. The van der Waals surface area contributed by atoms with Crippen LogP contribution < -0.4 is 10.1 Å². The first kappa shape index (κ1) is 12.9. The quantitative estimate of drug-likeness (QED) is 0.658. The first-order valence-corrected chi connectivity index (χ1v) is 5.57. The zero-order chi connectivity index (χ0) is 13.8. The molecule has 2 aromatic rings. The van der Waals surface area contributed by atoms with E-state index >= 15 is 0 Å². The number of anilines is 1. The van der Waals surface area contributed by atoms with Gasteiger partial charge in [-0.2, -0.15) is 0 Å². The van der Waals surface area contributed by atoms with Crippen LogP contribution in [0.15, 0.2) is 28.8 Å². The smallest absolute Gasteiger partial charge is 0.296 e. The molecule has 0 unspecified atom stereocenters. The van der Waals surface area contributed by atoms with E-state index in [9.17, 15) is 10.1 Å². The van der Waals surface area contributed by atoms with Crippen LogP contribution in [-0.2, 0) is 6.54 Å². The largest absolute Gasteiger partial charge is 0.496 e. The van der Waals surface area contributed by atoms with E-state index in [0.717, 1.165) is 0 Å².